The molecule has 2 aliphatic carbocycles. The number of phenols is 1. The van der Waals surface area contributed by atoms with Gasteiger partial charge in [0.25, 0.3) is 5.88 Å². The van der Waals surface area contributed by atoms with Gasteiger partial charge in [-0.15, -0.1) is 0 Å². The number of methoxy groups -OCH3 is 1. The SMILES string of the molecule is COC(=O)C1CC2CCC(Oc3ccc(Oc4c(F)cnc(Oc5cc(C(=N)N)ccc5O)c4F)c(C4N=CCN4C)c3)(C2)C1. The first-order valence-electron chi connectivity index (χ1n) is 14.6. The van der Waals surface area contributed by atoms with Gasteiger partial charge in [-0.1, -0.05) is 0 Å². The third kappa shape index (κ3) is 5.99. The zero-order valence-electron chi connectivity index (χ0n) is 24.8. The van der Waals surface area contributed by atoms with Crippen LogP contribution in [-0.4, -0.2) is 59.3 Å². The molecule has 4 N–H and O–H groups in total. The molecule has 6 rings (SSSR count). The van der Waals surface area contributed by atoms with E-state index >= 15 is 8.78 Å². The molecule has 2 aromatic carbocycles. The number of rotatable bonds is 9. The summed E-state index contributed by atoms with van der Waals surface area (Å²) in [6.45, 7) is 0.556. The van der Waals surface area contributed by atoms with Gasteiger partial charge in [0.05, 0.1) is 19.2 Å². The largest absolute Gasteiger partial charge is 0.504 e. The molecule has 2 heterocycles. The molecule has 1 aromatic heterocycles. The molecule has 0 saturated heterocycles. The number of benzene rings is 2. The van der Waals surface area contributed by atoms with Crippen LogP contribution >= 0.6 is 0 Å². The second-order valence-electron chi connectivity index (χ2n) is 11.8. The summed E-state index contributed by atoms with van der Waals surface area (Å²) in [6, 6.07) is 8.84. The number of fused-ring (bicyclic) bond motifs is 2. The van der Waals surface area contributed by atoms with Gasteiger partial charge in [0.15, 0.2) is 17.3 Å². The normalized spacial score (nSPS) is 24.0. The zero-order chi connectivity index (χ0) is 31.9. The number of carbonyl (C=O) groups excluding carboxylic acids is 1. The summed E-state index contributed by atoms with van der Waals surface area (Å²) >= 11 is 0. The fourth-order valence-corrected chi connectivity index (χ4v) is 6.52. The first-order chi connectivity index (χ1) is 21.6. The number of carbonyl (C=O) groups is 1. The number of halogens is 2. The van der Waals surface area contributed by atoms with Crippen molar-refractivity contribution in [2.75, 3.05) is 20.7 Å². The molecule has 45 heavy (non-hydrogen) atoms. The third-order valence-electron chi connectivity index (χ3n) is 8.66. The molecule has 1 aliphatic heterocycles. The number of ether oxygens (including phenoxy) is 4. The van der Waals surface area contributed by atoms with Gasteiger partial charge in [0.1, 0.15) is 29.1 Å². The highest BCUT2D eigenvalue weighted by Crippen LogP contribution is 2.51. The molecule has 236 valence electrons. The predicted molar refractivity (Wildman–Crippen MR) is 159 cm³/mol. The van der Waals surface area contributed by atoms with Crippen molar-refractivity contribution in [3.8, 4) is 34.6 Å². The summed E-state index contributed by atoms with van der Waals surface area (Å²) < 4.78 is 53.7. The fourth-order valence-electron chi connectivity index (χ4n) is 6.52. The standard InChI is InChI=1S/C32H33F2N5O6/c1-39-10-9-37-29(39)21-13-20(45-32-8-7-17(14-32)11-19(15-32)31(41)42-2)4-6-24(21)43-27-22(33)16-38-30(26(27)34)44-25-12-18(28(35)36)3-5-23(25)40/h3-6,9,12-13,16-17,19,29,40H,7-8,10-11,14-15H2,1-2H3,(H3,35,36). The first-order valence-corrected chi connectivity index (χ1v) is 14.6. The van der Waals surface area contributed by atoms with Crippen LogP contribution in [0.25, 0.3) is 0 Å². The fraction of sp³-hybridized carbons (Fsp3) is 0.375. The molecular formula is C32H33F2N5O6. The van der Waals surface area contributed by atoms with Gasteiger partial charge >= 0.3 is 5.97 Å². The summed E-state index contributed by atoms with van der Waals surface area (Å²) in [5, 5.41) is 17.8. The molecule has 2 bridgehead atoms. The van der Waals surface area contributed by atoms with Gasteiger partial charge in [-0.3, -0.25) is 20.1 Å². The van der Waals surface area contributed by atoms with Gasteiger partial charge < -0.3 is 29.8 Å². The predicted octanol–water partition coefficient (Wildman–Crippen LogP) is 5.45. The van der Waals surface area contributed by atoms with Crippen LogP contribution in [0.3, 0.4) is 0 Å². The Morgan fingerprint density at radius 3 is 2.71 bits per heavy atom. The summed E-state index contributed by atoms with van der Waals surface area (Å²) in [6.07, 6.45) is 5.90. The van der Waals surface area contributed by atoms with Crippen molar-refractivity contribution in [1.29, 1.82) is 5.41 Å². The van der Waals surface area contributed by atoms with E-state index in [9.17, 15) is 9.90 Å². The molecule has 4 unspecified atom stereocenters. The molecule has 0 radical (unpaired) electrons. The number of nitrogens with two attached hydrogens (primary N) is 1. The first kappa shape index (κ1) is 30.3. The quantitative estimate of drug-likeness (QED) is 0.161. The van der Waals surface area contributed by atoms with Gasteiger partial charge in [-0.25, -0.2) is 9.37 Å². The van der Waals surface area contributed by atoms with Crippen molar-refractivity contribution in [1.82, 2.24) is 9.88 Å². The van der Waals surface area contributed by atoms with E-state index in [0.717, 1.165) is 31.9 Å². The number of aromatic nitrogens is 1. The second-order valence-corrected chi connectivity index (χ2v) is 11.8. The summed E-state index contributed by atoms with van der Waals surface area (Å²) in [5.41, 5.74) is 5.72. The molecule has 11 nitrogen and oxygen atoms in total. The molecule has 2 saturated carbocycles. The minimum absolute atomic E-state index is 0.132. The molecule has 0 amide bonds. The monoisotopic (exact) mass is 621 g/mol. The molecule has 3 aromatic rings. The highest BCUT2D eigenvalue weighted by molar-refractivity contribution is 5.95. The van der Waals surface area contributed by atoms with Crippen molar-refractivity contribution in [3.63, 3.8) is 0 Å². The number of hydrogen-bond donors (Lipinski definition) is 3. The van der Waals surface area contributed by atoms with Crippen LogP contribution in [-0.2, 0) is 9.53 Å². The Balaban J connectivity index is 1.31. The van der Waals surface area contributed by atoms with Gasteiger partial charge in [0.2, 0.25) is 11.6 Å². The average Bonchev–Trinajstić information content (AvgIpc) is 3.58. The smallest absolute Gasteiger partial charge is 0.308 e. The van der Waals surface area contributed by atoms with E-state index in [1.807, 2.05) is 11.9 Å². The van der Waals surface area contributed by atoms with Gasteiger partial charge in [-0.05, 0) is 75.0 Å². The lowest BCUT2D eigenvalue weighted by Crippen LogP contribution is -2.41. The second kappa shape index (κ2) is 12.0. The number of esters is 1. The number of aliphatic imine (C=N–C) groups is 1. The number of nitrogen functional groups attached to an aromatic ring is 1. The van der Waals surface area contributed by atoms with Crippen LogP contribution in [0.4, 0.5) is 8.78 Å². The Hall–Kier alpha value is -4.78. The molecule has 4 atom stereocenters. The summed E-state index contributed by atoms with van der Waals surface area (Å²) in [7, 11) is 3.26. The molecule has 3 aliphatic rings. The van der Waals surface area contributed by atoms with Crippen LogP contribution < -0.4 is 19.9 Å². The van der Waals surface area contributed by atoms with E-state index < -0.39 is 35.0 Å². The van der Waals surface area contributed by atoms with Crippen LogP contribution in [0.15, 0.2) is 47.6 Å². The maximum absolute atomic E-state index is 15.7. The van der Waals surface area contributed by atoms with E-state index in [1.54, 1.807) is 24.4 Å². The van der Waals surface area contributed by atoms with Gasteiger partial charge in [0, 0.05) is 30.3 Å². The summed E-state index contributed by atoms with van der Waals surface area (Å²) in [4.78, 5) is 22.6. The molecule has 0 spiro atoms. The van der Waals surface area contributed by atoms with Crippen molar-refractivity contribution in [3.05, 3.63) is 65.4 Å². The molecule has 2 fully saturated rings. The lowest BCUT2D eigenvalue weighted by Gasteiger charge is -2.37. The van der Waals surface area contributed by atoms with Crippen molar-refractivity contribution < 1.29 is 37.6 Å². The minimum Gasteiger partial charge on any atom is -0.504 e. The lowest BCUT2D eigenvalue weighted by atomic mass is 9.78. The number of nitrogens with one attached hydrogen (secondary N) is 1. The van der Waals surface area contributed by atoms with E-state index in [-0.39, 0.29) is 40.5 Å². The van der Waals surface area contributed by atoms with E-state index in [2.05, 4.69) is 9.98 Å². The minimum atomic E-state index is -1.25. The molecular weight excluding hydrogens is 588 g/mol. The Morgan fingerprint density at radius 1 is 1.16 bits per heavy atom. The van der Waals surface area contributed by atoms with Crippen LogP contribution in [0.1, 0.15) is 49.4 Å². The number of pyridine rings is 1. The van der Waals surface area contributed by atoms with E-state index in [1.165, 1.54) is 25.3 Å². The number of nitrogens with zero attached hydrogens (tertiary/aromatic N) is 3. The highest BCUT2D eigenvalue weighted by Gasteiger charge is 2.49. The maximum atomic E-state index is 15.7. The topological polar surface area (TPSA) is 153 Å². The Morgan fingerprint density at radius 2 is 1.98 bits per heavy atom. The highest BCUT2D eigenvalue weighted by atomic mass is 19.1. The zero-order valence-corrected chi connectivity index (χ0v) is 24.8. The lowest BCUT2D eigenvalue weighted by molar-refractivity contribution is -0.149. The van der Waals surface area contributed by atoms with Crippen LogP contribution in [0.2, 0.25) is 0 Å². The van der Waals surface area contributed by atoms with Crippen LogP contribution in [0, 0.1) is 28.9 Å². The van der Waals surface area contributed by atoms with Crippen molar-refractivity contribution in [2.24, 2.45) is 22.6 Å². The number of hydrogen-bond acceptors (Lipinski definition) is 10. The Kier molecular flexibility index (Phi) is 8.04. The average molecular weight is 622 g/mol. The third-order valence-corrected chi connectivity index (χ3v) is 8.66. The van der Waals surface area contributed by atoms with Crippen LogP contribution in [0.5, 0.6) is 34.6 Å². The van der Waals surface area contributed by atoms with E-state index in [4.69, 9.17) is 30.1 Å². The number of phenolic OH excluding ortho intramolecular Hbond substituents is 1. The van der Waals surface area contributed by atoms with E-state index in [0.29, 0.717) is 30.2 Å². The Bertz CT molecular complexity index is 1690. The number of amidine groups is 1. The molecule has 13 heteroatoms. The van der Waals surface area contributed by atoms with Crippen molar-refractivity contribution in [2.45, 2.75) is 43.9 Å². The summed E-state index contributed by atoms with van der Waals surface area (Å²) in [5.74, 6) is -4.08. The maximum Gasteiger partial charge on any atom is 0.308 e. The van der Waals surface area contributed by atoms with Crippen molar-refractivity contribution >= 4 is 18.0 Å². The van der Waals surface area contributed by atoms with Gasteiger partial charge in [-0.2, -0.15) is 4.39 Å². The Labute approximate surface area is 258 Å². The number of aromatic hydroxyl groups is 1.